The number of amides is 3. The summed E-state index contributed by atoms with van der Waals surface area (Å²) >= 11 is 0. The van der Waals surface area contributed by atoms with Crippen molar-refractivity contribution in [2.45, 2.75) is 26.4 Å². The molecule has 0 aliphatic heterocycles. The molecule has 0 spiro atoms. The Balaban J connectivity index is 2.94. The fraction of sp³-hybridized carbons (Fsp3) is 0.375. The van der Waals surface area contributed by atoms with Gasteiger partial charge in [0.2, 0.25) is 0 Å². The molecule has 0 aliphatic carbocycles. The molecule has 3 N–H and O–H groups in total. The van der Waals surface area contributed by atoms with E-state index in [4.69, 9.17) is 4.74 Å². The summed E-state index contributed by atoms with van der Waals surface area (Å²) in [7, 11) is 2.79. The Hall–Kier alpha value is -2.90. The minimum atomic E-state index is -0.838. The Kier molecular flexibility index (Phi) is 6.46. The van der Waals surface area contributed by atoms with Gasteiger partial charge in [0.05, 0.1) is 11.4 Å². The summed E-state index contributed by atoms with van der Waals surface area (Å²) in [6.45, 7) is 5.38. The van der Waals surface area contributed by atoms with Crippen LogP contribution >= 0.6 is 0 Å². The van der Waals surface area contributed by atoms with Gasteiger partial charge in [-0.25, -0.2) is 0 Å². The molecule has 0 atom stereocenters. The van der Waals surface area contributed by atoms with E-state index in [1.807, 2.05) is 0 Å². The van der Waals surface area contributed by atoms with Crippen molar-refractivity contribution in [1.82, 2.24) is 5.32 Å². The van der Waals surface area contributed by atoms with E-state index in [1.165, 1.54) is 14.1 Å². The molecule has 0 saturated carbocycles. The number of likely N-dealkylation sites (N-methyl/N-ethyl adjacent to an activating group) is 1. The smallest absolute Gasteiger partial charge is 0.313 e. The van der Waals surface area contributed by atoms with Crippen molar-refractivity contribution in [2.24, 2.45) is 4.99 Å². The number of nitrogens with one attached hydrogen (secondary N) is 3. The lowest BCUT2D eigenvalue weighted by molar-refractivity contribution is -0.135. The molecule has 0 fully saturated rings. The molecule has 24 heavy (non-hydrogen) atoms. The van der Waals surface area contributed by atoms with Crippen LogP contribution in [0.15, 0.2) is 29.3 Å². The molecule has 1 rings (SSSR count). The molecular formula is C16H22N4O4. The van der Waals surface area contributed by atoms with Crippen LogP contribution < -0.4 is 16.0 Å². The molecule has 0 saturated heterocycles. The number of hydrogen-bond donors (Lipinski definition) is 3. The Morgan fingerprint density at radius 2 is 1.46 bits per heavy atom. The third-order valence-corrected chi connectivity index (χ3v) is 2.66. The summed E-state index contributed by atoms with van der Waals surface area (Å²) < 4.78 is 5.48. The van der Waals surface area contributed by atoms with Crippen LogP contribution in [0, 0.1) is 0 Å². The van der Waals surface area contributed by atoms with Gasteiger partial charge in [0, 0.05) is 14.1 Å². The number of rotatable bonds is 2. The average molecular weight is 334 g/mol. The van der Waals surface area contributed by atoms with Crippen molar-refractivity contribution in [3.05, 3.63) is 24.3 Å². The number of carbonyl (C=O) groups is 3. The van der Waals surface area contributed by atoms with Crippen LogP contribution in [0.25, 0.3) is 0 Å². The van der Waals surface area contributed by atoms with E-state index in [-0.39, 0.29) is 11.6 Å². The average Bonchev–Trinajstić information content (AvgIpc) is 2.52. The zero-order chi connectivity index (χ0) is 18.3. The predicted octanol–water partition coefficient (Wildman–Crippen LogP) is 1.15. The standard InChI is InChI=1S/C16H22N4O4/c1-16(2,3)24-15(18-5)14(23)20-11-9-7-6-8-10(11)19-13(22)12(21)17-4/h6-9H,1-5H3,(H,17,21)(H,19,22)(H,20,23). The SMILES string of the molecule is CN=C(OC(C)(C)C)C(=O)Nc1ccccc1NC(=O)C(=O)NC. The summed E-state index contributed by atoms with van der Waals surface area (Å²) in [5.41, 5.74) is 0.0168. The Morgan fingerprint density at radius 3 is 1.88 bits per heavy atom. The van der Waals surface area contributed by atoms with Gasteiger partial charge in [-0.05, 0) is 32.9 Å². The largest absolute Gasteiger partial charge is 0.468 e. The monoisotopic (exact) mass is 334 g/mol. The van der Waals surface area contributed by atoms with Crippen LogP contribution in [-0.4, -0.2) is 43.3 Å². The lowest BCUT2D eigenvalue weighted by Gasteiger charge is -2.21. The first-order chi connectivity index (χ1) is 11.2. The van der Waals surface area contributed by atoms with Crippen LogP contribution in [0.1, 0.15) is 20.8 Å². The quantitative estimate of drug-likeness (QED) is 0.428. The topological polar surface area (TPSA) is 109 Å². The van der Waals surface area contributed by atoms with E-state index < -0.39 is 23.3 Å². The lowest BCUT2D eigenvalue weighted by Crippen LogP contribution is -2.34. The lowest BCUT2D eigenvalue weighted by atomic mass is 10.2. The number of hydrogen-bond acceptors (Lipinski definition) is 5. The summed E-state index contributed by atoms with van der Waals surface area (Å²) in [6.07, 6.45) is 0. The highest BCUT2D eigenvalue weighted by molar-refractivity contribution is 6.41. The summed E-state index contributed by atoms with van der Waals surface area (Å²) in [5.74, 6) is -2.28. The highest BCUT2D eigenvalue weighted by Gasteiger charge is 2.22. The van der Waals surface area contributed by atoms with Gasteiger partial charge in [-0.2, -0.15) is 0 Å². The number of ether oxygens (including phenoxy) is 1. The third kappa shape index (κ3) is 5.71. The number of aliphatic imine (C=N–C) groups is 1. The van der Waals surface area contributed by atoms with Crippen LogP contribution in [0.3, 0.4) is 0 Å². The van der Waals surface area contributed by atoms with Gasteiger partial charge in [-0.1, -0.05) is 12.1 Å². The van der Waals surface area contributed by atoms with E-state index in [0.29, 0.717) is 5.69 Å². The second-order valence-electron chi connectivity index (χ2n) is 5.78. The fourth-order valence-corrected chi connectivity index (χ4v) is 1.65. The van der Waals surface area contributed by atoms with Crippen LogP contribution in [0.2, 0.25) is 0 Å². The highest BCUT2D eigenvalue weighted by Crippen LogP contribution is 2.21. The van der Waals surface area contributed by atoms with Crippen LogP contribution in [0.4, 0.5) is 11.4 Å². The molecule has 0 bridgehead atoms. The first-order valence-electron chi connectivity index (χ1n) is 7.27. The van der Waals surface area contributed by atoms with Crippen molar-refractivity contribution < 1.29 is 19.1 Å². The zero-order valence-corrected chi connectivity index (χ0v) is 14.4. The minimum absolute atomic E-state index is 0.0880. The maximum absolute atomic E-state index is 12.3. The third-order valence-electron chi connectivity index (χ3n) is 2.66. The number of benzene rings is 1. The van der Waals surface area contributed by atoms with Crippen molar-refractivity contribution in [1.29, 1.82) is 0 Å². The molecule has 0 aliphatic rings. The molecule has 0 aromatic heterocycles. The minimum Gasteiger partial charge on any atom is -0.468 e. The molecule has 1 aromatic carbocycles. The second-order valence-corrected chi connectivity index (χ2v) is 5.78. The molecule has 3 amide bonds. The van der Waals surface area contributed by atoms with Crippen molar-refractivity contribution in [2.75, 3.05) is 24.7 Å². The van der Waals surface area contributed by atoms with Gasteiger partial charge in [0.25, 0.3) is 5.90 Å². The van der Waals surface area contributed by atoms with Gasteiger partial charge in [0.15, 0.2) is 0 Å². The maximum atomic E-state index is 12.3. The van der Waals surface area contributed by atoms with Gasteiger partial charge >= 0.3 is 17.7 Å². The van der Waals surface area contributed by atoms with E-state index in [1.54, 1.807) is 45.0 Å². The van der Waals surface area contributed by atoms with Gasteiger partial charge in [0.1, 0.15) is 5.60 Å². The van der Waals surface area contributed by atoms with Gasteiger partial charge < -0.3 is 20.7 Å². The highest BCUT2D eigenvalue weighted by atomic mass is 16.5. The molecule has 0 heterocycles. The summed E-state index contributed by atoms with van der Waals surface area (Å²) in [6, 6.07) is 6.49. The van der Waals surface area contributed by atoms with Crippen molar-refractivity contribution in [3.8, 4) is 0 Å². The Labute approximate surface area is 140 Å². The van der Waals surface area contributed by atoms with E-state index in [0.717, 1.165) is 0 Å². The maximum Gasteiger partial charge on any atom is 0.313 e. The molecule has 8 nitrogen and oxygen atoms in total. The molecule has 130 valence electrons. The molecule has 0 radical (unpaired) electrons. The Bertz CT molecular complexity index is 662. The number of para-hydroxylation sites is 2. The normalized spacial score (nSPS) is 11.5. The number of nitrogens with zero attached hydrogens (tertiary/aromatic N) is 1. The molecular weight excluding hydrogens is 312 g/mol. The van der Waals surface area contributed by atoms with E-state index in [2.05, 4.69) is 20.9 Å². The van der Waals surface area contributed by atoms with Gasteiger partial charge in [-0.3, -0.25) is 19.4 Å². The van der Waals surface area contributed by atoms with E-state index in [9.17, 15) is 14.4 Å². The van der Waals surface area contributed by atoms with Crippen molar-refractivity contribution in [3.63, 3.8) is 0 Å². The predicted molar refractivity (Wildman–Crippen MR) is 92.0 cm³/mol. The zero-order valence-electron chi connectivity index (χ0n) is 14.4. The second kappa shape index (κ2) is 8.09. The Morgan fingerprint density at radius 1 is 0.958 bits per heavy atom. The number of anilines is 2. The van der Waals surface area contributed by atoms with E-state index >= 15 is 0 Å². The summed E-state index contributed by atoms with van der Waals surface area (Å²) in [5, 5.41) is 7.25. The summed E-state index contributed by atoms with van der Waals surface area (Å²) in [4.78, 5) is 39.1. The van der Waals surface area contributed by atoms with Crippen molar-refractivity contribution >= 4 is 35.0 Å². The van der Waals surface area contributed by atoms with Crippen LogP contribution in [-0.2, 0) is 19.1 Å². The molecule has 0 unspecified atom stereocenters. The van der Waals surface area contributed by atoms with Gasteiger partial charge in [-0.15, -0.1) is 0 Å². The molecule has 8 heteroatoms. The molecule has 1 aromatic rings. The first-order valence-corrected chi connectivity index (χ1v) is 7.27. The van der Waals surface area contributed by atoms with Crippen LogP contribution in [0.5, 0.6) is 0 Å². The first kappa shape index (κ1) is 19.1. The fourth-order valence-electron chi connectivity index (χ4n) is 1.65. The number of carbonyl (C=O) groups excluding carboxylic acids is 3.